The molecule has 0 radical (unpaired) electrons. The van der Waals surface area contributed by atoms with E-state index in [0.717, 1.165) is 61.2 Å². The molecule has 4 rings (SSSR count). The number of piperidine rings is 1. The Labute approximate surface area is 148 Å². The standard InChI is InChI=1S/C20H26N2O3/c1-2-24-18-5-6-19-15(11-18)3-4-16(21-19)13-22-9-7-20(8-10-22)12-17(23)14-25-20/h3-6,11,17,23H,2,7-10,12-14H2,1H3/t17-/m1/s1. The molecule has 2 aliphatic rings. The monoisotopic (exact) mass is 342 g/mol. The van der Waals surface area contributed by atoms with Gasteiger partial charge >= 0.3 is 0 Å². The summed E-state index contributed by atoms with van der Waals surface area (Å²) in [6, 6.07) is 10.3. The predicted molar refractivity (Wildman–Crippen MR) is 96.7 cm³/mol. The van der Waals surface area contributed by atoms with E-state index in [1.54, 1.807) is 0 Å². The van der Waals surface area contributed by atoms with Gasteiger partial charge in [-0.25, -0.2) is 0 Å². The number of aliphatic hydroxyl groups excluding tert-OH is 1. The second kappa shape index (κ2) is 6.90. The third kappa shape index (κ3) is 3.64. The van der Waals surface area contributed by atoms with E-state index >= 15 is 0 Å². The molecule has 0 bridgehead atoms. The molecule has 1 spiro atoms. The van der Waals surface area contributed by atoms with Crippen molar-refractivity contribution in [3.8, 4) is 5.75 Å². The minimum atomic E-state index is -0.282. The van der Waals surface area contributed by atoms with Crippen LogP contribution in [0.1, 0.15) is 31.9 Å². The Morgan fingerprint density at radius 3 is 2.84 bits per heavy atom. The van der Waals surface area contributed by atoms with Gasteiger partial charge < -0.3 is 14.6 Å². The number of hydrogen-bond acceptors (Lipinski definition) is 5. The van der Waals surface area contributed by atoms with E-state index in [9.17, 15) is 5.11 Å². The maximum absolute atomic E-state index is 9.74. The number of nitrogens with zero attached hydrogens (tertiary/aromatic N) is 2. The fraction of sp³-hybridized carbons (Fsp3) is 0.550. The van der Waals surface area contributed by atoms with Crippen molar-refractivity contribution in [3.63, 3.8) is 0 Å². The summed E-state index contributed by atoms with van der Waals surface area (Å²) in [5, 5.41) is 10.9. The molecule has 25 heavy (non-hydrogen) atoms. The fourth-order valence-electron chi connectivity index (χ4n) is 4.01. The Morgan fingerprint density at radius 1 is 1.28 bits per heavy atom. The number of benzene rings is 1. The molecule has 0 unspecified atom stereocenters. The lowest BCUT2D eigenvalue weighted by molar-refractivity contribution is -0.0458. The maximum Gasteiger partial charge on any atom is 0.120 e. The molecule has 0 saturated carbocycles. The molecule has 3 heterocycles. The molecular formula is C20H26N2O3. The highest BCUT2D eigenvalue weighted by molar-refractivity contribution is 5.80. The number of hydrogen-bond donors (Lipinski definition) is 1. The molecule has 134 valence electrons. The first-order valence-electron chi connectivity index (χ1n) is 9.23. The maximum atomic E-state index is 9.74. The summed E-state index contributed by atoms with van der Waals surface area (Å²) in [4.78, 5) is 7.24. The Hall–Kier alpha value is -1.69. The number of pyridine rings is 1. The third-order valence-electron chi connectivity index (χ3n) is 5.37. The van der Waals surface area contributed by atoms with Crippen molar-refractivity contribution in [2.75, 3.05) is 26.3 Å². The summed E-state index contributed by atoms with van der Waals surface area (Å²) in [5.41, 5.74) is 2.03. The molecule has 2 fully saturated rings. The Bertz CT molecular complexity index is 741. The van der Waals surface area contributed by atoms with Crippen LogP contribution in [0.15, 0.2) is 30.3 Å². The van der Waals surface area contributed by atoms with Crippen molar-refractivity contribution >= 4 is 10.9 Å². The van der Waals surface area contributed by atoms with Gasteiger partial charge in [-0.1, -0.05) is 6.07 Å². The number of rotatable bonds is 4. The minimum Gasteiger partial charge on any atom is -0.494 e. The van der Waals surface area contributed by atoms with Crippen molar-refractivity contribution in [3.05, 3.63) is 36.0 Å². The zero-order valence-corrected chi connectivity index (χ0v) is 14.8. The van der Waals surface area contributed by atoms with Gasteiger partial charge in [-0.3, -0.25) is 9.88 Å². The summed E-state index contributed by atoms with van der Waals surface area (Å²) in [7, 11) is 0. The highest BCUT2D eigenvalue weighted by Gasteiger charge is 2.42. The van der Waals surface area contributed by atoms with Crippen molar-refractivity contribution in [2.24, 2.45) is 0 Å². The van der Waals surface area contributed by atoms with Crippen LogP contribution in [0.2, 0.25) is 0 Å². The van der Waals surface area contributed by atoms with E-state index in [1.807, 2.05) is 25.1 Å². The van der Waals surface area contributed by atoms with Crippen LogP contribution >= 0.6 is 0 Å². The van der Waals surface area contributed by atoms with E-state index in [4.69, 9.17) is 14.5 Å². The van der Waals surface area contributed by atoms with Crippen LogP contribution in [0, 0.1) is 0 Å². The molecule has 1 aromatic carbocycles. The van der Waals surface area contributed by atoms with Crippen molar-refractivity contribution in [2.45, 2.75) is 44.4 Å². The predicted octanol–water partition coefficient (Wildman–Crippen LogP) is 2.75. The van der Waals surface area contributed by atoms with Gasteiger partial charge in [0.25, 0.3) is 0 Å². The SMILES string of the molecule is CCOc1ccc2nc(CN3CCC4(CC3)C[C@@H](O)CO4)ccc2c1. The van der Waals surface area contributed by atoms with Crippen molar-refractivity contribution in [1.29, 1.82) is 0 Å². The molecule has 1 aromatic heterocycles. The van der Waals surface area contributed by atoms with Crippen molar-refractivity contribution < 1.29 is 14.6 Å². The highest BCUT2D eigenvalue weighted by Crippen LogP contribution is 2.36. The van der Waals surface area contributed by atoms with E-state index < -0.39 is 0 Å². The van der Waals surface area contributed by atoms with Gasteiger partial charge in [0.05, 0.1) is 36.1 Å². The fourth-order valence-corrected chi connectivity index (χ4v) is 4.01. The lowest BCUT2D eigenvalue weighted by Gasteiger charge is -2.38. The van der Waals surface area contributed by atoms with Crippen LogP contribution in [-0.4, -0.2) is 53.0 Å². The second-order valence-electron chi connectivity index (χ2n) is 7.22. The molecule has 5 nitrogen and oxygen atoms in total. The van der Waals surface area contributed by atoms with Crippen LogP contribution in [0.25, 0.3) is 10.9 Å². The number of likely N-dealkylation sites (tertiary alicyclic amines) is 1. The van der Waals surface area contributed by atoms with Gasteiger partial charge in [0.2, 0.25) is 0 Å². The van der Waals surface area contributed by atoms with E-state index in [0.29, 0.717) is 13.2 Å². The zero-order valence-electron chi connectivity index (χ0n) is 14.8. The molecule has 1 N–H and O–H groups in total. The highest BCUT2D eigenvalue weighted by atomic mass is 16.5. The van der Waals surface area contributed by atoms with Crippen LogP contribution in [0.5, 0.6) is 5.75 Å². The minimum absolute atomic E-state index is 0.0809. The van der Waals surface area contributed by atoms with E-state index in [2.05, 4.69) is 17.0 Å². The van der Waals surface area contributed by atoms with Gasteiger partial charge in [-0.15, -0.1) is 0 Å². The first kappa shape index (κ1) is 16.8. The molecule has 1 atom stereocenters. The van der Waals surface area contributed by atoms with Gasteiger partial charge in [-0.05, 0) is 44.0 Å². The molecule has 0 aliphatic carbocycles. The van der Waals surface area contributed by atoms with Gasteiger partial charge in [0.1, 0.15) is 5.75 Å². The number of fused-ring (bicyclic) bond motifs is 1. The molecule has 0 amide bonds. The van der Waals surface area contributed by atoms with E-state index in [-0.39, 0.29) is 11.7 Å². The number of aliphatic hydroxyl groups is 1. The summed E-state index contributed by atoms with van der Waals surface area (Å²) in [5.74, 6) is 0.893. The summed E-state index contributed by atoms with van der Waals surface area (Å²) in [6.07, 6.45) is 2.50. The van der Waals surface area contributed by atoms with E-state index in [1.165, 1.54) is 0 Å². The summed E-state index contributed by atoms with van der Waals surface area (Å²) < 4.78 is 11.4. The van der Waals surface area contributed by atoms with Crippen LogP contribution in [0.3, 0.4) is 0 Å². The lowest BCUT2D eigenvalue weighted by atomic mass is 9.88. The summed E-state index contributed by atoms with van der Waals surface area (Å²) in [6.45, 7) is 6.02. The molecule has 2 saturated heterocycles. The summed E-state index contributed by atoms with van der Waals surface area (Å²) >= 11 is 0. The van der Waals surface area contributed by atoms with Crippen molar-refractivity contribution in [1.82, 2.24) is 9.88 Å². The van der Waals surface area contributed by atoms with Crippen LogP contribution < -0.4 is 4.74 Å². The normalized spacial score (nSPS) is 23.4. The average molecular weight is 342 g/mol. The Morgan fingerprint density at radius 2 is 2.12 bits per heavy atom. The molecule has 5 heteroatoms. The molecular weight excluding hydrogens is 316 g/mol. The van der Waals surface area contributed by atoms with Crippen LogP contribution in [0.4, 0.5) is 0 Å². The topological polar surface area (TPSA) is 54.8 Å². The van der Waals surface area contributed by atoms with Gasteiger partial charge in [0.15, 0.2) is 0 Å². The number of ether oxygens (including phenoxy) is 2. The second-order valence-corrected chi connectivity index (χ2v) is 7.22. The number of aromatic nitrogens is 1. The van der Waals surface area contributed by atoms with Gasteiger partial charge in [-0.2, -0.15) is 0 Å². The first-order chi connectivity index (χ1) is 12.2. The van der Waals surface area contributed by atoms with Gasteiger partial charge in [0, 0.05) is 31.4 Å². The quantitative estimate of drug-likeness (QED) is 0.926. The zero-order chi connectivity index (χ0) is 17.3. The average Bonchev–Trinajstić information content (AvgIpc) is 2.98. The first-order valence-corrected chi connectivity index (χ1v) is 9.23. The largest absolute Gasteiger partial charge is 0.494 e. The Kier molecular flexibility index (Phi) is 4.63. The third-order valence-corrected chi connectivity index (χ3v) is 5.37. The molecule has 2 aromatic rings. The Balaban J connectivity index is 1.40. The lowest BCUT2D eigenvalue weighted by Crippen LogP contribution is -2.43. The smallest absolute Gasteiger partial charge is 0.120 e. The van der Waals surface area contributed by atoms with Crippen LogP contribution in [-0.2, 0) is 11.3 Å². The molecule has 2 aliphatic heterocycles.